The molecule has 1 aromatic carbocycles. The van der Waals surface area contributed by atoms with E-state index in [0.717, 1.165) is 16.2 Å². The maximum Gasteiger partial charge on any atom is 0.254 e. The zero-order valence-corrected chi connectivity index (χ0v) is 10.9. The van der Waals surface area contributed by atoms with Crippen LogP contribution in [0, 0.1) is 0 Å². The van der Waals surface area contributed by atoms with Gasteiger partial charge in [-0.2, -0.15) is 0 Å². The third-order valence-electron chi connectivity index (χ3n) is 2.97. The predicted molar refractivity (Wildman–Crippen MR) is 75.2 cm³/mol. The summed E-state index contributed by atoms with van der Waals surface area (Å²) >= 11 is 1.58. The normalized spacial score (nSPS) is 21.8. The van der Waals surface area contributed by atoms with Crippen LogP contribution in [0.5, 0.6) is 0 Å². The number of hydrogen-bond acceptors (Lipinski definition) is 3. The maximum atomic E-state index is 13.6. The first-order chi connectivity index (χ1) is 9.34. The Kier molecular flexibility index (Phi) is 3.17. The number of alkyl halides is 1. The first-order valence-electron chi connectivity index (χ1n) is 5.94. The second kappa shape index (κ2) is 4.97. The number of allylic oxidation sites excluding steroid dienone is 1. The number of halogens is 1. The second-order valence-electron chi connectivity index (χ2n) is 4.18. The molecule has 1 aliphatic heterocycles. The van der Waals surface area contributed by atoms with Crippen LogP contribution in [-0.2, 0) is 10.5 Å². The molecular weight excluding hydrogens is 261 g/mol. The van der Waals surface area contributed by atoms with Crippen LogP contribution in [0.4, 0.5) is 4.39 Å². The van der Waals surface area contributed by atoms with Crippen molar-refractivity contribution in [1.82, 2.24) is 0 Å². The molecule has 0 N–H and O–H groups in total. The molecule has 0 spiro atoms. The van der Waals surface area contributed by atoms with Crippen molar-refractivity contribution in [1.29, 1.82) is 0 Å². The largest absolute Gasteiger partial charge is 0.467 e. The third kappa shape index (κ3) is 2.19. The molecule has 19 heavy (non-hydrogen) atoms. The maximum absolute atomic E-state index is 13.6. The molecule has 1 aromatic heterocycles. The molecule has 0 bridgehead atoms. The van der Waals surface area contributed by atoms with E-state index in [2.05, 4.69) is 4.99 Å². The lowest BCUT2D eigenvalue weighted by atomic mass is 10.0. The van der Waals surface area contributed by atoms with Crippen molar-refractivity contribution >= 4 is 17.0 Å². The van der Waals surface area contributed by atoms with Gasteiger partial charge in [-0.25, -0.2) is 9.38 Å². The fourth-order valence-corrected chi connectivity index (χ4v) is 2.70. The molecule has 2 aromatic rings. The summed E-state index contributed by atoms with van der Waals surface area (Å²) in [6, 6.07) is 13.2. The molecule has 2 nitrogen and oxygen atoms in total. The Balaban J connectivity index is 2.06. The molecule has 2 heterocycles. The Morgan fingerprint density at radius 2 is 2.00 bits per heavy atom. The standard InChI is InChI=1S/C15H12FNOS/c16-11-15(12-5-2-1-3-6-12)17-13(8-9-18-15)14-7-4-10-19-14/h1-10H,11H2. The fraction of sp³-hybridized carbons (Fsp3) is 0.133. The van der Waals surface area contributed by atoms with Gasteiger partial charge in [-0.3, -0.25) is 0 Å². The minimum absolute atomic E-state index is 0.698. The highest BCUT2D eigenvalue weighted by atomic mass is 32.1. The van der Waals surface area contributed by atoms with Crippen LogP contribution in [-0.4, -0.2) is 12.4 Å². The number of ether oxygens (including phenoxy) is 1. The number of hydrogen-bond donors (Lipinski definition) is 0. The lowest BCUT2D eigenvalue weighted by Gasteiger charge is -2.29. The van der Waals surface area contributed by atoms with Gasteiger partial charge in [0.05, 0.1) is 16.9 Å². The fourth-order valence-electron chi connectivity index (χ4n) is 2.00. The topological polar surface area (TPSA) is 21.6 Å². The molecule has 1 atom stereocenters. The van der Waals surface area contributed by atoms with Crippen LogP contribution in [0.1, 0.15) is 10.4 Å². The van der Waals surface area contributed by atoms with Crippen LogP contribution in [0.3, 0.4) is 0 Å². The smallest absolute Gasteiger partial charge is 0.254 e. The molecule has 0 amide bonds. The van der Waals surface area contributed by atoms with Crippen molar-refractivity contribution < 1.29 is 9.13 Å². The molecule has 96 valence electrons. The Morgan fingerprint density at radius 3 is 2.68 bits per heavy atom. The Bertz CT molecular complexity index is 606. The SMILES string of the molecule is FCC1(c2ccccc2)N=C(c2cccs2)C=CO1. The van der Waals surface area contributed by atoms with E-state index in [1.807, 2.05) is 47.8 Å². The lowest BCUT2D eigenvalue weighted by Crippen LogP contribution is -2.31. The molecule has 3 rings (SSSR count). The highest BCUT2D eigenvalue weighted by molar-refractivity contribution is 7.12. The summed E-state index contributed by atoms with van der Waals surface area (Å²) in [6.07, 6.45) is 3.29. The molecule has 0 saturated carbocycles. The van der Waals surface area contributed by atoms with E-state index in [9.17, 15) is 4.39 Å². The van der Waals surface area contributed by atoms with E-state index in [1.165, 1.54) is 6.26 Å². The Morgan fingerprint density at radius 1 is 1.16 bits per heavy atom. The van der Waals surface area contributed by atoms with Crippen LogP contribution in [0.15, 0.2) is 65.2 Å². The van der Waals surface area contributed by atoms with Crippen molar-refractivity contribution in [3.63, 3.8) is 0 Å². The first kappa shape index (κ1) is 12.1. The number of benzene rings is 1. The third-order valence-corrected chi connectivity index (χ3v) is 3.86. The molecule has 1 aliphatic rings. The molecule has 1 unspecified atom stereocenters. The average molecular weight is 273 g/mol. The lowest BCUT2D eigenvalue weighted by molar-refractivity contribution is 0.000633. The predicted octanol–water partition coefficient (Wildman–Crippen LogP) is 3.90. The van der Waals surface area contributed by atoms with Crippen molar-refractivity contribution in [2.24, 2.45) is 4.99 Å². The summed E-state index contributed by atoms with van der Waals surface area (Å²) in [5.74, 6) is 0. The van der Waals surface area contributed by atoms with Crippen LogP contribution < -0.4 is 0 Å². The summed E-state index contributed by atoms with van der Waals surface area (Å²) in [6.45, 7) is -0.698. The Labute approximate surface area is 114 Å². The van der Waals surface area contributed by atoms with Crippen molar-refractivity contribution in [2.75, 3.05) is 6.67 Å². The minimum atomic E-state index is -1.25. The van der Waals surface area contributed by atoms with Gasteiger partial charge >= 0.3 is 0 Å². The second-order valence-corrected chi connectivity index (χ2v) is 5.13. The highest BCUT2D eigenvalue weighted by Gasteiger charge is 2.35. The summed E-state index contributed by atoms with van der Waals surface area (Å²) in [7, 11) is 0. The molecule has 4 heteroatoms. The highest BCUT2D eigenvalue weighted by Crippen LogP contribution is 2.32. The van der Waals surface area contributed by atoms with Crippen molar-refractivity contribution in [3.05, 3.63) is 70.6 Å². The van der Waals surface area contributed by atoms with Crippen molar-refractivity contribution in [2.45, 2.75) is 5.72 Å². The van der Waals surface area contributed by atoms with Gasteiger partial charge in [0.1, 0.15) is 0 Å². The van der Waals surface area contributed by atoms with Crippen molar-refractivity contribution in [3.8, 4) is 0 Å². The molecule has 0 saturated heterocycles. The van der Waals surface area contributed by atoms with Crippen LogP contribution >= 0.6 is 11.3 Å². The molecule has 0 radical (unpaired) electrons. The van der Waals surface area contributed by atoms with Gasteiger partial charge in [0, 0.05) is 5.56 Å². The zero-order chi connectivity index (χ0) is 13.1. The van der Waals surface area contributed by atoms with E-state index in [0.29, 0.717) is 0 Å². The Hall–Kier alpha value is -1.94. The average Bonchev–Trinajstić information content (AvgIpc) is 3.02. The van der Waals surface area contributed by atoms with Gasteiger partial charge in [-0.05, 0) is 17.5 Å². The number of nitrogens with zero attached hydrogens (tertiary/aromatic N) is 1. The van der Waals surface area contributed by atoms with Gasteiger partial charge in [0.2, 0.25) is 0 Å². The van der Waals surface area contributed by atoms with Gasteiger partial charge in [-0.15, -0.1) is 11.3 Å². The van der Waals surface area contributed by atoms with Gasteiger partial charge in [0.25, 0.3) is 5.72 Å². The number of thiophene rings is 1. The van der Waals surface area contributed by atoms with Gasteiger partial charge in [0.15, 0.2) is 6.67 Å². The molecule has 0 aliphatic carbocycles. The molecule has 0 fully saturated rings. The molecular formula is C15H12FNOS. The van der Waals surface area contributed by atoms with Gasteiger partial charge < -0.3 is 4.74 Å². The minimum Gasteiger partial charge on any atom is -0.467 e. The van der Waals surface area contributed by atoms with E-state index in [1.54, 1.807) is 17.4 Å². The van der Waals surface area contributed by atoms with E-state index < -0.39 is 12.4 Å². The van der Waals surface area contributed by atoms with E-state index in [-0.39, 0.29) is 0 Å². The number of aliphatic imine (C=N–C) groups is 1. The quantitative estimate of drug-likeness (QED) is 0.831. The van der Waals surface area contributed by atoms with Crippen LogP contribution in [0.25, 0.3) is 0 Å². The van der Waals surface area contributed by atoms with Gasteiger partial charge in [-0.1, -0.05) is 36.4 Å². The van der Waals surface area contributed by atoms with E-state index in [4.69, 9.17) is 4.74 Å². The summed E-state index contributed by atoms with van der Waals surface area (Å²) in [5.41, 5.74) is 0.216. The monoisotopic (exact) mass is 273 g/mol. The first-order valence-corrected chi connectivity index (χ1v) is 6.82. The van der Waals surface area contributed by atoms with Crippen LogP contribution in [0.2, 0.25) is 0 Å². The summed E-state index contributed by atoms with van der Waals surface area (Å²) < 4.78 is 19.1. The number of rotatable bonds is 3. The van der Waals surface area contributed by atoms with E-state index >= 15 is 0 Å². The zero-order valence-electron chi connectivity index (χ0n) is 10.1. The summed E-state index contributed by atoms with van der Waals surface area (Å²) in [5, 5.41) is 1.97. The summed E-state index contributed by atoms with van der Waals surface area (Å²) in [4.78, 5) is 5.50.